The first-order valence-electron chi connectivity index (χ1n) is 6.28. The molecule has 0 fully saturated rings. The normalized spacial score (nSPS) is 10.9. The van der Waals surface area contributed by atoms with Gasteiger partial charge in [0, 0.05) is 31.5 Å². The smallest absolute Gasteiger partial charge is 0.153 e. The number of imidazole rings is 1. The Kier molecular flexibility index (Phi) is 3.14. The topological polar surface area (TPSA) is 46.6 Å². The Morgan fingerprint density at radius 3 is 2.45 bits per heavy atom. The molecular weight excluding hydrogens is 316 g/mol. The van der Waals surface area contributed by atoms with E-state index in [1.807, 2.05) is 49.0 Å². The van der Waals surface area contributed by atoms with E-state index in [2.05, 4.69) is 37.9 Å². The zero-order valence-corrected chi connectivity index (χ0v) is 12.9. The number of nitrogens with zero attached hydrogens (tertiary/aromatic N) is 3. The third-order valence-corrected chi connectivity index (χ3v) is 3.92. The SMILES string of the molecule is CN(C)c1ccc(-c2nc3c(Br)cccn3c2N)cc1. The van der Waals surface area contributed by atoms with E-state index in [4.69, 9.17) is 5.73 Å². The maximum Gasteiger partial charge on any atom is 0.153 e. The molecule has 0 amide bonds. The minimum Gasteiger partial charge on any atom is -0.383 e. The molecule has 0 bridgehead atoms. The fourth-order valence-electron chi connectivity index (χ4n) is 2.18. The van der Waals surface area contributed by atoms with E-state index < -0.39 is 0 Å². The average Bonchev–Trinajstić information content (AvgIpc) is 2.78. The van der Waals surface area contributed by atoms with Gasteiger partial charge in [-0.25, -0.2) is 4.98 Å². The number of halogens is 1. The van der Waals surface area contributed by atoms with Crippen molar-refractivity contribution in [3.63, 3.8) is 0 Å². The van der Waals surface area contributed by atoms with Crippen LogP contribution in [0.3, 0.4) is 0 Å². The lowest BCUT2D eigenvalue weighted by Crippen LogP contribution is -2.07. The van der Waals surface area contributed by atoms with Crippen LogP contribution in [0.1, 0.15) is 0 Å². The molecule has 0 radical (unpaired) electrons. The molecule has 3 aromatic rings. The van der Waals surface area contributed by atoms with Gasteiger partial charge in [-0.05, 0) is 40.2 Å². The first kappa shape index (κ1) is 13.0. The van der Waals surface area contributed by atoms with Crippen LogP contribution in [0.5, 0.6) is 0 Å². The van der Waals surface area contributed by atoms with Crippen LogP contribution in [-0.4, -0.2) is 23.5 Å². The number of nitrogens with two attached hydrogens (primary N) is 1. The molecule has 0 saturated carbocycles. The van der Waals surface area contributed by atoms with Crippen molar-refractivity contribution in [2.24, 2.45) is 0 Å². The second-order valence-corrected chi connectivity index (χ2v) is 5.69. The van der Waals surface area contributed by atoms with Gasteiger partial charge >= 0.3 is 0 Å². The van der Waals surface area contributed by atoms with Gasteiger partial charge in [0.15, 0.2) is 5.65 Å². The third kappa shape index (κ3) is 2.04. The fraction of sp³-hybridized carbons (Fsp3) is 0.133. The molecule has 1 aromatic carbocycles. The number of benzene rings is 1. The summed E-state index contributed by atoms with van der Waals surface area (Å²) in [7, 11) is 4.04. The fourth-order valence-corrected chi connectivity index (χ4v) is 2.61. The van der Waals surface area contributed by atoms with Crippen molar-refractivity contribution in [3.05, 3.63) is 47.1 Å². The lowest BCUT2D eigenvalue weighted by atomic mass is 10.1. The highest BCUT2D eigenvalue weighted by atomic mass is 79.9. The van der Waals surface area contributed by atoms with Crippen molar-refractivity contribution in [2.45, 2.75) is 0 Å². The molecule has 4 nitrogen and oxygen atoms in total. The van der Waals surface area contributed by atoms with Crippen LogP contribution in [-0.2, 0) is 0 Å². The molecule has 2 aromatic heterocycles. The lowest BCUT2D eigenvalue weighted by molar-refractivity contribution is 1.13. The molecule has 20 heavy (non-hydrogen) atoms. The van der Waals surface area contributed by atoms with Crippen molar-refractivity contribution in [1.82, 2.24) is 9.38 Å². The van der Waals surface area contributed by atoms with Crippen LogP contribution < -0.4 is 10.6 Å². The van der Waals surface area contributed by atoms with Gasteiger partial charge in [-0.1, -0.05) is 12.1 Å². The number of hydrogen-bond donors (Lipinski definition) is 1. The number of hydrogen-bond acceptors (Lipinski definition) is 3. The summed E-state index contributed by atoms with van der Waals surface area (Å²) < 4.78 is 2.82. The number of nitrogen functional groups attached to an aromatic ring is 1. The predicted octanol–water partition coefficient (Wildman–Crippen LogP) is 3.41. The summed E-state index contributed by atoms with van der Waals surface area (Å²) >= 11 is 3.50. The Hall–Kier alpha value is -2.01. The molecule has 3 rings (SSSR count). The van der Waals surface area contributed by atoms with Crippen molar-refractivity contribution in [3.8, 4) is 11.3 Å². The summed E-state index contributed by atoms with van der Waals surface area (Å²) in [6, 6.07) is 12.1. The highest BCUT2D eigenvalue weighted by Gasteiger charge is 2.12. The summed E-state index contributed by atoms with van der Waals surface area (Å²) in [4.78, 5) is 6.70. The maximum absolute atomic E-state index is 6.21. The highest BCUT2D eigenvalue weighted by Crippen LogP contribution is 2.30. The standard InChI is InChI=1S/C15H15BrN4/c1-19(2)11-7-5-10(6-8-11)13-14(17)20-9-3-4-12(16)15(20)18-13/h3-9H,17H2,1-2H3. The van der Waals surface area contributed by atoms with Crippen molar-refractivity contribution in [2.75, 3.05) is 24.7 Å². The molecule has 0 aliphatic heterocycles. The van der Waals surface area contributed by atoms with Crippen LogP contribution in [0.2, 0.25) is 0 Å². The van der Waals surface area contributed by atoms with Gasteiger partial charge in [0.25, 0.3) is 0 Å². The summed E-state index contributed by atoms with van der Waals surface area (Å²) in [5, 5.41) is 0. The van der Waals surface area contributed by atoms with Gasteiger partial charge in [-0.3, -0.25) is 4.40 Å². The summed E-state index contributed by atoms with van der Waals surface area (Å²) in [5.74, 6) is 0.652. The molecule has 102 valence electrons. The molecule has 0 aliphatic carbocycles. The Labute approximate surface area is 126 Å². The van der Waals surface area contributed by atoms with Crippen molar-refractivity contribution in [1.29, 1.82) is 0 Å². The maximum atomic E-state index is 6.21. The molecule has 5 heteroatoms. The first-order valence-corrected chi connectivity index (χ1v) is 7.07. The van der Waals surface area contributed by atoms with E-state index in [1.54, 1.807) is 0 Å². The van der Waals surface area contributed by atoms with Gasteiger partial charge in [-0.15, -0.1) is 0 Å². The quantitative estimate of drug-likeness (QED) is 0.783. The summed E-state index contributed by atoms with van der Waals surface area (Å²) in [6.45, 7) is 0. The zero-order chi connectivity index (χ0) is 14.3. The zero-order valence-electron chi connectivity index (χ0n) is 11.3. The molecule has 0 atom stereocenters. The van der Waals surface area contributed by atoms with Crippen molar-refractivity contribution < 1.29 is 0 Å². The van der Waals surface area contributed by atoms with E-state index in [9.17, 15) is 0 Å². The molecule has 2 N–H and O–H groups in total. The van der Waals surface area contributed by atoms with E-state index in [0.717, 1.165) is 27.1 Å². The minimum atomic E-state index is 0.652. The predicted molar refractivity (Wildman–Crippen MR) is 87.1 cm³/mol. The minimum absolute atomic E-state index is 0.652. The molecule has 0 unspecified atom stereocenters. The largest absolute Gasteiger partial charge is 0.383 e. The van der Waals surface area contributed by atoms with Gasteiger partial charge in [-0.2, -0.15) is 0 Å². The molecule has 0 spiro atoms. The molecular formula is C15H15BrN4. The lowest BCUT2D eigenvalue weighted by Gasteiger charge is -2.12. The van der Waals surface area contributed by atoms with Gasteiger partial charge in [0.1, 0.15) is 11.5 Å². The van der Waals surface area contributed by atoms with Crippen LogP contribution in [0.25, 0.3) is 16.9 Å². The first-order chi connectivity index (χ1) is 9.58. The van der Waals surface area contributed by atoms with Crippen LogP contribution in [0, 0.1) is 0 Å². The Bertz CT molecular complexity index is 759. The van der Waals surface area contributed by atoms with Gasteiger partial charge in [0.2, 0.25) is 0 Å². The van der Waals surface area contributed by atoms with Crippen LogP contribution in [0.15, 0.2) is 47.1 Å². The molecule has 2 heterocycles. The number of rotatable bonds is 2. The van der Waals surface area contributed by atoms with Gasteiger partial charge in [0.05, 0.1) is 4.47 Å². The third-order valence-electron chi connectivity index (χ3n) is 3.30. The van der Waals surface area contributed by atoms with E-state index in [1.165, 1.54) is 0 Å². The van der Waals surface area contributed by atoms with Crippen LogP contribution in [0.4, 0.5) is 11.5 Å². The Morgan fingerprint density at radius 1 is 1.15 bits per heavy atom. The second-order valence-electron chi connectivity index (χ2n) is 4.84. The van der Waals surface area contributed by atoms with E-state index >= 15 is 0 Å². The van der Waals surface area contributed by atoms with E-state index in [-0.39, 0.29) is 0 Å². The van der Waals surface area contributed by atoms with Crippen molar-refractivity contribution >= 4 is 33.1 Å². The number of aromatic nitrogens is 2. The summed E-state index contributed by atoms with van der Waals surface area (Å²) in [5.41, 5.74) is 10.0. The average molecular weight is 331 g/mol. The Balaban J connectivity index is 2.14. The Morgan fingerprint density at radius 2 is 1.85 bits per heavy atom. The van der Waals surface area contributed by atoms with Crippen LogP contribution >= 0.6 is 15.9 Å². The summed E-state index contributed by atoms with van der Waals surface area (Å²) in [6.07, 6.45) is 1.92. The number of anilines is 2. The number of fused-ring (bicyclic) bond motifs is 1. The molecule has 0 saturated heterocycles. The second kappa shape index (κ2) is 4.83. The van der Waals surface area contributed by atoms with Gasteiger partial charge < -0.3 is 10.6 Å². The monoisotopic (exact) mass is 330 g/mol. The van der Waals surface area contributed by atoms with E-state index in [0.29, 0.717) is 5.82 Å². The highest BCUT2D eigenvalue weighted by molar-refractivity contribution is 9.10. The number of pyridine rings is 1. The molecule has 0 aliphatic rings.